The second kappa shape index (κ2) is 11.9. The van der Waals surface area contributed by atoms with Gasteiger partial charge in [-0.2, -0.15) is 0 Å². The Morgan fingerprint density at radius 2 is 1.95 bits per heavy atom. The average Bonchev–Trinajstić information content (AvgIpc) is 3.32. The molecule has 1 aliphatic rings. The van der Waals surface area contributed by atoms with Crippen LogP contribution < -0.4 is 5.32 Å². The Kier molecular flexibility index (Phi) is 8.90. The van der Waals surface area contributed by atoms with Crippen LogP contribution in [0.1, 0.15) is 12.5 Å². The largest absolute Gasteiger partial charge is 0.481 e. The van der Waals surface area contributed by atoms with Gasteiger partial charge in [0.15, 0.2) is 0 Å². The van der Waals surface area contributed by atoms with Crippen molar-refractivity contribution in [2.75, 3.05) is 18.5 Å². The number of anilines is 1. The van der Waals surface area contributed by atoms with Gasteiger partial charge in [-0.1, -0.05) is 40.2 Å². The van der Waals surface area contributed by atoms with Gasteiger partial charge in [-0.15, -0.1) is 5.10 Å². The highest BCUT2D eigenvalue weighted by Crippen LogP contribution is 2.39. The molecule has 1 aliphatic heterocycles. The van der Waals surface area contributed by atoms with Crippen LogP contribution in [0.25, 0.3) is 11.3 Å². The van der Waals surface area contributed by atoms with Crippen LogP contribution in [0.4, 0.5) is 10.1 Å². The molecule has 0 amide bonds. The van der Waals surface area contributed by atoms with Crippen LogP contribution >= 0.6 is 35.0 Å². The fourth-order valence-electron chi connectivity index (χ4n) is 3.87. The molecule has 0 radical (unpaired) electrons. The van der Waals surface area contributed by atoms with Crippen molar-refractivity contribution in [2.24, 2.45) is 0 Å². The van der Waals surface area contributed by atoms with Crippen LogP contribution in [-0.2, 0) is 9.53 Å². The number of aliphatic hydroxyl groups is 3. The molecular formula is C23H23Cl2FN4O6S. The zero-order valence-corrected chi connectivity index (χ0v) is 21.4. The first-order chi connectivity index (χ1) is 17.7. The van der Waals surface area contributed by atoms with E-state index in [2.05, 4.69) is 15.6 Å². The van der Waals surface area contributed by atoms with Crippen LogP contribution in [0.3, 0.4) is 0 Å². The summed E-state index contributed by atoms with van der Waals surface area (Å²) in [7, 11) is 0. The maximum Gasteiger partial charge on any atom is 0.305 e. The Morgan fingerprint density at radius 1 is 1.16 bits per heavy atom. The lowest BCUT2D eigenvalue weighted by Gasteiger charge is -2.41. The van der Waals surface area contributed by atoms with Gasteiger partial charge in [0.05, 0.1) is 29.3 Å². The summed E-state index contributed by atoms with van der Waals surface area (Å²) in [5, 5.41) is 52.1. The number of aliphatic carboxylic acids is 1. The van der Waals surface area contributed by atoms with Crippen LogP contribution in [0.5, 0.6) is 0 Å². The molecule has 2 heterocycles. The lowest BCUT2D eigenvalue weighted by Crippen LogP contribution is -2.55. The van der Waals surface area contributed by atoms with Crippen molar-refractivity contribution in [1.82, 2.24) is 15.0 Å². The summed E-state index contributed by atoms with van der Waals surface area (Å²) in [5.74, 6) is -1.56. The van der Waals surface area contributed by atoms with Crippen molar-refractivity contribution in [3.8, 4) is 11.3 Å². The van der Waals surface area contributed by atoms with E-state index in [0.717, 1.165) is 11.8 Å². The molecule has 1 fully saturated rings. The molecule has 5 N–H and O–H groups in total. The molecule has 14 heteroatoms. The number of hydrogen-bond acceptors (Lipinski definition) is 9. The minimum absolute atomic E-state index is 0.103. The molecule has 1 saturated heterocycles. The average molecular weight is 573 g/mol. The molecule has 0 unspecified atom stereocenters. The number of hydrogen-bond donors (Lipinski definition) is 5. The number of nitrogens with one attached hydrogen (secondary N) is 1. The highest BCUT2D eigenvalue weighted by atomic mass is 35.5. The second-order valence-corrected chi connectivity index (χ2v) is 10.3. The summed E-state index contributed by atoms with van der Waals surface area (Å²) in [6.07, 6.45) is -2.35. The highest BCUT2D eigenvalue weighted by Gasteiger charge is 2.46. The number of thioether (sulfide) groups is 1. The summed E-state index contributed by atoms with van der Waals surface area (Å²) in [6, 6.07) is 7.89. The van der Waals surface area contributed by atoms with Gasteiger partial charge in [0, 0.05) is 22.7 Å². The van der Waals surface area contributed by atoms with Crippen molar-refractivity contribution < 1.29 is 34.3 Å². The lowest BCUT2D eigenvalue weighted by atomic mass is 9.97. The molecule has 0 aliphatic carbocycles. The van der Waals surface area contributed by atoms with Crippen LogP contribution in [0.15, 0.2) is 47.5 Å². The normalized spacial score (nSPS) is 23.7. The fourth-order valence-corrected chi connectivity index (χ4v) is 5.33. The van der Waals surface area contributed by atoms with E-state index >= 15 is 0 Å². The number of ether oxygens (including phenoxy) is 1. The topological polar surface area (TPSA) is 150 Å². The monoisotopic (exact) mass is 572 g/mol. The molecule has 1 aromatic heterocycles. The summed E-state index contributed by atoms with van der Waals surface area (Å²) >= 11 is 13.2. The molecule has 4 rings (SSSR count). The van der Waals surface area contributed by atoms with Crippen LogP contribution in [0, 0.1) is 5.82 Å². The molecule has 0 spiro atoms. The summed E-state index contributed by atoms with van der Waals surface area (Å²) in [6.45, 7) is -0.411. The highest BCUT2D eigenvalue weighted by molar-refractivity contribution is 7.99. The number of carboxylic acid groups (broad SMARTS) is 1. The summed E-state index contributed by atoms with van der Waals surface area (Å²) in [4.78, 5) is 11.4. The number of nitrogens with zero attached hydrogens (tertiary/aromatic N) is 3. The zero-order chi connectivity index (χ0) is 26.7. The van der Waals surface area contributed by atoms with Gasteiger partial charge in [0.1, 0.15) is 41.3 Å². The molecular weight excluding hydrogens is 550 g/mol. The number of rotatable bonds is 9. The van der Waals surface area contributed by atoms with Crippen LogP contribution in [-0.4, -0.2) is 78.3 Å². The first-order valence-corrected chi connectivity index (χ1v) is 12.7. The predicted octanol–water partition coefficient (Wildman–Crippen LogP) is 3.05. The van der Waals surface area contributed by atoms with E-state index in [1.807, 2.05) is 0 Å². The number of benzene rings is 2. The van der Waals surface area contributed by atoms with E-state index < -0.39 is 48.2 Å². The van der Waals surface area contributed by atoms with Crippen molar-refractivity contribution in [3.63, 3.8) is 0 Å². The third kappa shape index (κ3) is 6.52. The quantitative estimate of drug-likeness (QED) is 0.259. The van der Waals surface area contributed by atoms with Gasteiger partial charge in [-0.25, -0.2) is 9.07 Å². The minimum atomic E-state index is -1.33. The SMILES string of the molecule is O=C(O)CCNc1cc(F)cc(-c2cn([C@H]3[C@@H](O)[C@@H](CO)O[C@@H](Sc4ccc(Cl)c(Cl)c4)[C@@H]3O)nn2)c1. The van der Waals surface area contributed by atoms with Crippen molar-refractivity contribution in [3.05, 3.63) is 58.5 Å². The first-order valence-electron chi connectivity index (χ1n) is 11.1. The van der Waals surface area contributed by atoms with E-state index in [9.17, 15) is 24.5 Å². The van der Waals surface area contributed by atoms with Crippen molar-refractivity contribution >= 4 is 46.6 Å². The Bertz CT molecular complexity index is 1270. The molecule has 3 aromatic rings. The van der Waals surface area contributed by atoms with Gasteiger partial charge in [-0.05, 0) is 36.4 Å². The van der Waals surface area contributed by atoms with Gasteiger partial charge in [0.25, 0.3) is 0 Å². The van der Waals surface area contributed by atoms with E-state index in [4.69, 9.17) is 33.0 Å². The Morgan fingerprint density at radius 3 is 2.65 bits per heavy atom. The standard InChI is InChI=1S/C23H23Cl2FN4O6S/c24-15-2-1-14(8-16(15)25)37-23-22(35)20(21(34)18(10-31)36-23)30-9-17(28-29-30)11-5-12(26)7-13(6-11)27-4-3-19(32)33/h1-2,5-9,18,20-23,27,31,34-35H,3-4,10H2,(H,32,33)/t18-,20+,21+,22-,23+/m1/s1. The molecule has 0 bridgehead atoms. The predicted molar refractivity (Wildman–Crippen MR) is 135 cm³/mol. The third-order valence-electron chi connectivity index (χ3n) is 5.67. The van der Waals surface area contributed by atoms with E-state index in [-0.39, 0.29) is 18.7 Å². The Balaban J connectivity index is 1.57. The number of halogens is 3. The number of aliphatic hydroxyl groups excluding tert-OH is 3. The molecule has 0 saturated carbocycles. The van der Waals surface area contributed by atoms with E-state index in [1.165, 1.54) is 23.0 Å². The maximum atomic E-state index is 14.2. The molecule has 37 heavy (non-hydrogen) atoms. The van der Waals surface area contributed by atoms with Crippen molar-refractivity contribution in [2.45, 2.75) is 41.1 Å². The number of aromatic nitrogens is 3. The Hall–Kier alpha value is -2.45. The molecule has 5 atom stereocenters. The van der Waals surface area contributed by atoms with Gasteiger partial charge in [-0.3, -0.25) is 4.79 Å². The molecule has 198 valence electrons. The van der Waals surface area contributed by atoms with Crippen molar-refractivity contribution in [1.29, 1.82) is 0 Å². The fraction of sp³-hybridized carbons (Fsp3) is 0.348. The summed E-state index contributed by atoms with van der Waals surface area (Å²) < 4.78 is 21.2. The number of carbonyl (C=O) groups is 1. The van der Waals surface area contributed by atoms with Gasteiger partial charge >= 0.3 is 5.97 Å². The first kappa shape index (κ1) is 27.6. The van der Waals surface area contributed by atoms with E-state index in [0.29, 0.717) is 26.2 Å². The van der Waals surface area contributed by atoms with E-state index in [1.54, 1.807) is 24.3 Å². The smallest absolute Gasteiger partial charge is 0.305 e. The van der Waals surface area contributed by atoms with Gasteiger partial charge < -0.3 is 30.5 Å². The second-order valence-electron chi connectivity index (χ2n) is 8.27. The zero-order valence-electron chi connectivity index (χ0n) is 19.0. The van der Waals surface area contributed by atoms with Gasteiger partial charge in [0.2, 0.25) is 0 Å². The summed E-state index contributed by atoms with van der Waals surface area (Å²) in [5.41, 5.74) is 0.0477. The molecule has 2 aromatic carbocycles. The molecule has 10 nitrogen and oxygen atoms in total. The lowest BCUT2D eigenvalue weighted by molar-refractivity contribution is -0.178. The van der Waals surface area contributed by atoms with Crippen LogP contribution in [0.2, 0.25) is 10.0 Å². The number of carboxylic acids is 1. The Labute approximate surface area is 225 Å². The maximum absolute atomic E-state index is 14.2. The third-order valence-corrected chi connectivity index (χ3v) is 7.56. The minimum Gasteiger partial charge on any atom is -0.481 e.